The number of nitrogens with zero attached hydrogens (tertiary/aromatic N) is 3. The van der Waals surface area contributed by atoms with Gasteiger partial charge in [0, 0.05) is 5.56 Å². The Balaban J connectivity index is 0.00000220. The van der Waals surface area contributed by atoms with E-state index in [2.05, 4.69) is 33.5 Å². The van der Waals surface area contributed by atoms with E-state index >= 15 is 0 Å². The van der Waals surface area contributed by atoms with Gasteiger partial charge in [-0.2, -0.15) is 0 Å². The Morgan fingerprint density at radius 2 is 1.90 bits per heavy atom. The molecule has 0 unspecified atom stereocenters. The number of nitrogens with one attached hydrogen (secondary N) is 1. The fraction of sp³-hybridized carbons (Fsp3) is 0.357. The minimum absolute atomic E-state index is 0. The fourth-order valence-corrected chi connectivity index (χ4v) is 2.54. The Morgan fingerprint density at radius 3 is 2.52 bits per heavy atom. The molecule has 2 aromatic rings. The van der Waals surface area contributed by atoms with Gasteiger partial charge in [-0.3, -0.25) is 0 Å². The largest absolute Gasteiger partial charge is 0.370 e. The van der Waals surface area contributed by atoms with Gasteiger partial charge < -0.3 is 11.1 Å². The number of nitrogens with two attached hydrogens (primary N) is 1. The van der Waals surface area contributed by atoms with E-state index in [4.69, 9.17) is 5.73 Å². The second-order valence-corrected chi connectivity index (χ2v) is 6.50. The summed E-state index contributed by atoms with van der Waals surface area (Å²) in [7, 11) is 0. The lowest BCUT2D eigenvalue weighted by Gasteiger charge is -2.13. The van der Waals surface area contributed by atoms with Crippen molar-refractivity contribution in [2.24, 2.45) is 10.7 Å². The Hall–Kier alpha value is -1.66. The number of rotatable bonds is 2. The molecular formula is C14H20ClN5S. The van der Waals surface area contributed by atoms with Gasteiger partial charge in [-0.05, 0) is 33.3 Å². The van der Waals surface area contributed by atoms with Gasteiger partial charge in [0.15, 0.2) is 5.96 Å². The van der Waals surface area contributed by atoms with Crippen LogP contribution < -0.4 is 11.1 Å². The zero-order chi connectivity index (χ0) is 14.8. The topological polar surface area (TPSA) is 76.2 Å². The monoisotopic (exact) mass is 325 g/mol. The van der Waals surface area contributed by atoms with Crippen molar-refractivity contribution in [2.75, 3.05) is 5.32 Å². The molecule has 0 amide bonds. The van der Waals surface area contributed by atoms with E-state index < -0.39 is 0 Å². The lowest BCUT2D eigenvalue weighted by atomic mass is 10.1. The van der Waals surface area contributed by atoms with Crippen LogP contribution in [0.3, 0.4) is 0 Å². The number of aromatic nitrogens is 2. The highest BCUT2D eigenvalue weighted by molar-refractivity contribution is 7.18. The molecule has 0 spiro atoms. The number of aryl methyl sites for hydroxylation is 1. The SMILES string of the molecule is Cc1ccccc1-c1nnc(NC(N)=NC(C)(C)C)s1.Cl. The molecule has 0 radical (unpaired) electrons. The van der Waals surface area contributed by atoms with Gasteiger partial charge in [0.05, 0.1) is 5.54 Å². The average Bonchev–Trinajstić information content (AvgIpc) is 2.75. The molecule has 3 N–H and O–H groups in total. The Kier molecular flexibility index (Phi) is 5.69. The maximum atomic E-state index is 5.85. The number of benzene rings is 1. The van der Waals surface area contributed by atoms with Crippen LogP contribution in [0.25, 0.3) is 10.6 Å². The Bertz CT molecular complexity index is 630. The van der Waals surface area contributed by atoms with Crippen LogP contribution >= 0.6 is 23.7 Å². The van der Waals surface area contributed by atoms with E-state index in [-0.39, 0.29) is 17.9 Å². The van der Waals surface area contributed by atoms with Crippen LogP contribution in [0.5, 0.6) is 0 Å². The third kappa shape index (κ3) is 4.99. The van der Waals surface area contributed by atoms with Gasteiger partial charge in [-0.1, -0.05) is 35.6 Å². The molecule has 1 heterocycles. The van der Waals surface area contributed by atoms with Gasteiger partial charge in [-0.25, -0.2) is 4.99 Å². The second-order valence-electron chi connectivity index (χ2n) is 5.52. The minimum Gasteiger partial charge on any atom is -0.370 e. The maximum Gasteiger partial charge on any atom is 0.212 e. The summed E-state index contributed by atoms with van der Waals surface area (Å²) in [5.74, 6) is 0.352. The van der Waals surface area contributed by atoms with Crippen LogP contribution in [0.15, 0.2) is 29.3 Å². The van der Waals surface area contributed by atoms with Crippen molar-refractivity contribution < 1.29 is 0 Å². The molecule has 0 atom stereocenters. The molecule has 0 bridgehead atoms. The first kappa shape index (κ1) is 17.4. The third-order valence-electron chi connectivity index (χ3n) is 2.49. The van der Waals surface area contributed by atoms with Crippen molar-refractivity contribution in [1.82, 2.24) is 10.2 Å². The standard InChI is InChI=1S/C14H19N5S.ClH/c1-9-7-5-6-8-10(9)11-18-19-13(20-11)16-12(15)17-14(2,3)4;/h5-8H,1-4H3,(H3,15,16,17,19);1H. The summed E-state index contributed by atoms with van der Waals surface area (Å²) in [5.41, 5.74) is 7.89. The lowest BCUT2D eigenvalue weighted by Crippen LogP contribution is -2.27. The van der Waals surface area contributed by atoms with Crippen LogP contribution in [0.4, 0.5) is 5.13 Å². The molecule has 114 valence electrons. The molecule has 0 fully saturated rings. The second kappa shape index (κ2) is 6.87. The van der Waals surface area contributed by atoms with E-state index in [1.165, 1.54) is 16.9 Å². The highest BCUT2D eigenvalue weighted by Crippen LogP contribution is 2.28. The van der Waals surface area contributed by atoms with Crippen molar-refractivity contribution in [3.63, 3.8) is 0 Å². The van der Waals surface area contributed by atoms with Crippen molar-refractivity contribution in [3.8, 4) is 10.6 Å². The predicted octanol–water partition coefficient (Wildman–Crippen LogP) is 3.46. The predicted molar refractivity (Wildman–Crippen MR) is 92.3 cm³/mol. The summed E-state index contributed by atoms with van der Waals surface area (Å²) in [5, 5.41) is 12.8. The first-order chi connectivity index (χ1) is 9.35. The van der Waals surface area contributed by atoms with Gasteiger partial charge in [0.1, 0.15) is 5.01 Å². The van der Waals surface area contributed by atoms with Crippen LogP contribution in [-0.2, 0) is 0 Å². The molecule has 7 heteroatoms. The average molecular weight is 326 g/mol. The Morgan fingerprint density at radius 1 is 1.24 bits per heavy atom. The summed E-state index contributed by atoms with van der Waals surface area (Å²) in [4.78, 5) is 4.33. The highest BCUT2D eigenvalue weighted by Gasteiger charge is 2.11. The molecule has 0 aliphatic carbocycles. The molecule has 0 aliphatic rings. The molecule has 0 saturated carbocycles. The molecule has 1 aromatic heterocycles. The molecule has 1 aromatic carbocycles. The van der Waals surface area contributed by atoms with Crippen molar-refractivity contribution in [3.05, 3.63) is 29.8 Å². The number of anilines is 1. The van der Waals surface area contributed by atoms with Crippen LogP contribution in [0.2, 0.25) is 0 Å². The zero-order valence-electron chi connectivity index (χ0n) is 12.5. The first-order valence-corrected chi connectivity index (χ1v) is 7.19. The van der Waals surface area contributed by atoms with Crippen molar-refractivity contribution >= 4 is 34.8 Å². The summed E-state index contributed by atoms with van der Waals surface area (Å²) in [6, 6.07) is 8.09. The van der Waals surface area contributed by atoms with Gasteiger partial charge in [0.2, 0.25) is 5.13 Å². The quantitative estimate of drug-likeness (QED) is 0.655. The Labute approximate surface area is 135 Å². The van der Waals surface area contributed by atoms with E-state index in [0.717, 1.165) is 10.6 Å². The normalized spacial score (nSPS) is 11.9. The van der Waals surface area contributed by atoms with Crippen molar-refractivity contribution in [1.29, 1.82) is 0 Å². The summed E-state index contributed by atoms with van der Waals surface area (Å²) in [6.07, 6.45) is 0. The maximum absolute atomic E-state index is 5.85. The minimum atomic E-state index is -0.222. The summed E-state index contributed by atoms with van der Waals surface area (Å²) < 4.78 is 0. The van der Waals surface area contributed by atoms with Gasteiger partial charge in [0.25, 0.3) is 0 Å². The van der Waals surface area contributed by atoms with Crippen LogP contribution in [-0.4, -0.2) is 21.7 Å². The van der Waals surface area contributed by atoms with Gasteiger partial charge in [-0.15, -0.1) is 22.6 Å². The molecular weight excluding hydrogens is 306 g/mol. The van der Waals surface area contributed by atoms with E-state index in [9.17, 15) is 0 Å². The molecule has 2 rings (SSSR count). The number of halogens is 1. The molecule has 21 heavy (non-hydrogen) atoms. The van der Waals surface area contributed by atoms with Crippen molar-refractivity contribution in [2.45, 2.75) is 33.2 Å². The summed E-state index contributed by atoms with van der Waals surface area (Å²) >= 11 is 1.46. The fourth-order valence-electron chi connectivity index (χ4n) is 1.69. The van der Waals surface area contributed by atoms with Crippen LogP contribution in [0, 0.1) is 6.92 Å². The van der Waals surface area contributed by atoms with Crippen LogP contribution in [0.1, 0.15) is 26.3 Å². The highest BCUT2D eigenvalue weighted by atomic mass is 35.5. The third-order valence-corrected chi connectivity index (χ3v) is 3.36. The number of hydrogen-bond donors (Lipinski definition) is 2. The molecule has 5 nitrogen and oxygen atoms in total. The lowest BCUT2D eigenvalue weighted by molar-refractivity contribution is 0.583. The van der Waals surface area contributed by atoms with E-state index in [1.807, 2.05) is 39.0 Å². The number of guanidine groups is 1. The van der Waals surface area contributed by atoms with E-state index in [1.54, 1.807) is 0 Å². The first-order valence-electron chi connectivity index (χ1n) is 6.37. The molecule has 0 aliphatic heterocycles. The zero-order valence-corrected chi connectivity index (χ0v) is 14.2. The molecule has 0 saturated heterocycles. The number of aliphatic imine (C=N–C) groups is 1. The van der Waals surface area contributed by atoms with Gasteiger partial charge >= 0.3 is 0 Å². The number of hydrogen-bond acceptors (Lipinski definition) is 4. The smallest absolute Gasteiger partial charge is 0.212 e. The van der Waals surface area contributed by atoms with E-state index in [0.29, 0.717) is 11.1 Å². The summed E-state index contributed by atoms with van der Waals surface area (Å²) in [6.45, 7) is 8.01.